The highest BCUT2D eigenvalue weighted by Gasteiger charge is 2.45. The van der Waals surface area contributed by atoms with Crippen LogP contribution in [0.25, 0.3) is 0 Å². The molecule has 0 spiro atoms. The largest absolute Gasteiger partial charge is 0.454 e. The maximum absolute atomic E-state index is 12.8. The number of rotatable bonds is 9. The van der Waals surface area contributed by atoms with Gasteiger partial charge in [-0.05, 0) is 54.8 Å². The number of ether oxygens (including phenoxy) is 1. The molecule has 0 aliphatic heterocycles. The van der Waals surface area contributed by atoms with E-state index >= 15 is 0 Å². The van der Waals surface area contributed by atoms with Crippen LogP contribution in [0.4, 0.5) is 30.8 Å². The molecule has 0 saturated heterocycles. The number of alkyl halides is 3. The van der Waals surface area contributed by atoms with Crippen LogP contribution in [0.3, 0.4) is 0 Å². The van der Waals surface area contributed by atoms with Crippen LogP contribution in [0.1, 0.15) is 104 Å². The normalized spacial score (nSPS) is 11.9. The van der Waals surface area contributed by atoms with Crippen molar-refractivity contribution in [3.63, 3.8) is 0 Å². The average molecular weight is 684 g/mol. The summed E-state index contributed by atoms with van der Waals surface area (Å²) in [5, 5.41) is 6.64. The van der Waals surface area contributed by atoms with Crippen molar-refractivity contribution in [3.8, 4) is 6.01 Å². The highest BCUT2D eigenvalue weighted by atomic mass is 35.5. The highest BCUT2D eigenvalue weighted by Crippen LogP contribution is 2.48. The molecule has 1 aromatic heterocycles. The van der Waals surface area contributed by atoms with E-state index in [0.29, 0.717) is 10.7 Å². The molecule has 1 aliphatic carbocycles. The lowest BCUT2D eigenvalue weighted by Gasteiger charge is -2.19. The van der Waals surface area contributed by atoms with E-state index in [9.17, 15) is 22.8 Å². The van der Waals surface area contributed by atoms with Crippen molar-refractivity contribution in [1.82, 2.24) is 25.8 Å². The standard InChI is InChI=1S/C24H23ClF3N7O3.C3H8.3C2H6/c1-2-18(36)34-35-19(37)14-3-9-17(10-4-14)29-20-30-21(32-22(31-20)38-13-24(26,27)28)33-23(11-12-23)15-5-7-16(25)8-6-15;1-3-2;3*1-2/h3-10H,2,11-13H2,1H3,(H,34,36)(H,35,37)(H2,29,30,31,32,33);3H2,1-2H3;3*1-2H3. The number of nitrogens with zero attached hydrogens (tertiary/aromatic N) is 3. The fourth-order valence-corrected chi connectivity index (χ4v) is 3.52. The molecule has 4 N–H and O–H groups in total. The third-order valence-electron chi connectivity index (χ3n) is 5.52. The molecular weight excluding hydrogens is 635 g/mol. The number of carbonyl (C=O) groups excluding carboxylic acids is 2. The molecule has 0 atom stereocenters. The Bertz CT molecular complexity index is 1320. The molecule has 1 fully saturated rings. The van der Waals surface area contributed by atoms with Gasteiger partial charge < -0.3 is 15.4 Å². The lowest BCUT2D eigenvalue weighted by molar-refractivity contribution is -0.154. The minimum Gasteiger partial charge on any atom is -0.454 e. The average Bonchev–Trinajstić information content (AvgIpc) is 3.86. The summed E-state index contributed by atoms with van der Waals surface area (Å²) in [5.41, 5.74) is 5.70. The van der Waals surface area contributed by atoms with Crippen molar-refractivity contribution in [1.29, 1.82) is 0 Å². The quantitative estimate of drug-likeness (QED) is 0.165. The number of anilines is 3. The first-order chi connectivity index (χ1) is 22.5. The van der Waals surface area contributed by atoms with Crippen LogP contribution < -0.4 is 26.2 Å². The van der Waals surface area contributed by atoms with Crippen LogP contribution in [-0.2, 0) is 10.3 Å². The van der Waals surface area contributed by atoms with E-state index < -0.39 is 30.2 Å². The summed E-state index contributed by atoms with van der Waals surface area (Å²) >= 11 is 5.98. The number of hydrogen-bond acceptors (Lipinski definition) is 8. The van der Waals surface area contributed by atoms with Crippen molar-refractivity contribution in [2.24, 2.45) is 0 Å². The minimum absolute atomic E-state index is 0.0230. The van der Waals surface area contributed by atoms with Gasteiger partial charge in [-0.3, -0.25) is 20.4 Å². The Morgan fingerprint density at radius 3 is 1.85 bits per heavy atom. The highest BCUT2D eigenvalue weighted by molar-refractivity contribution is 6.30. The van der Waals surface area contributed by atoms with Crippen LogP contribution in [-0.4, -0.2) is 39.5 Å². The van der Waals surface area contributed by atoms with Crippen LogP contribution in [0.2, 0.25) is 5.02 Å². The first kappa shape index (κ1) is 42.9. The van der Waals surface area contributed by atoms with Gasteiger partial charge in [0.05, 0.1) is 5.54 Å². The summed E-state index contributed by atoms with van der Waals surface area (Å²) in [4.78, 5) is 35.7. The van der Waals surface area contributed by atoms with Gasteiger partial charge >= 0.3 is 12.2 Å². The molecular formula is C33H49ClF3N7O3. The topological polar surface area (TPSA) is 130 Å². The van der Waals surface area contributed by atoms with Gasteiger partial charge in [0.2, 0.25) is 17.8 Å². The molecule has 0 bridgehead atoms. The van der Waals surface area contributed by atoms with Gasteiger partial charge in [0.1, 0.15) is 0 Å². The predicted octanol–water partition coefficient (Wildman–Crippen LogP) is 8.98. The second-order valence-electron chi connectivity index (χ2n) is 9.15. The van der Waals surface area contributed by atoms with Crippen molar-refractivity contribution >= 4 is 41.0 Å². The van der Waals surface area contributed by atoms with Crippen LogP contribution in [0, 0.1) is 0 Å². The number of halogens is 4. The molecule has 1 saturated carbocycles. The van der Waals surface area contributed by atoms with E-state index in [-0.39, 0.29) is 29.8 Å². The van der Waals surface area contributed by atoms with Crippen LogP contribution in [0.5, 0.6) is 6.01 Å². The van der Waals surface area contributed by atoms with Gasteiger partial charge in [0, 0.05) is 22.7 Å². The monoisotopic (exact) mass is 683 g/mol. The van der Waals surface area contributed by atoms with Crippen LogP contribution in [0.15, 0.2) is 48.5 Å². The summed E-state index contributed by atoms with van der Waals surface area (Å²) in [6.07, 6.45) is -1.61. The second kappa shape index (κ2) is 22.4. The fraction of sp³-hybridized carbons (Fsp3) is 0.485. The maximum Gasteiger partial charge on any atom is 0.422 e. The van der Waals surface area contributed by atoms with Crippen molar-refractivity contribution < 1.29 is 27.5 Å². The summed E-state index contributed by atoms with van der Waals surface area (Å²) in [6, 6.07) is 12.7. The van der Waals surface area contributed by atoms with E-state index in [1.807, 2.05) is 53.7 Å². The molecule has 0 radical (unpaired) electrons. The SMILES string of the molecule is CC.CC.CC.CCC.CCC(=O)NNC(=O)c1ccc(Nc2nc(NC3(c4ccc(Cl)cc4)CC3)nc(OCC(F)(F)F)n2)cc1. The van der Waals surface area contributed by atoms with Crippen molar-refractivity contribution in [3.05, 3.63) is 64.7 Å². The zero-order chi connectivity index (χ0) is 36.0. The Labute approximate surface area is 281 Å². The number of carbonyl (C=O) groups is 2. The Morgan fingerprint density at radius 1 is 0.830 bits per heavy atom. The van der Waals surface area contributed by atoms with E-state index in [1.165, 1.54) is 18.6 Å². The fourth-order valence-electron chi connectivity index (χ4n) is 3.39. The molecule has 1 aliphatic rings. The Balaban J connectivity index is 0.00000215. The molecule has 4 rings (SSSR count). The predicted molar refractivity (Wildman–Crippen MR) is 183 cm³/mol. The first-order valence-corrected chi connectivity index (χ1v) is 16.3. The Morgan fingerprint density at radius 2 is 1.36 bits per heavy atom. The van der Waals surface area contributed by atoms with Gasteiger partial charge in [0.15, 0.2) is 6.61 Å². The lowest BCUT2D eigenvalue weighted by Crippen LogP contribution is -2.41. The van der Waals surface area contributed by atoms with Gasteiger partial charge in [0.25, 0.3) is 5.91 Å². The first-order valence-electron chi connectivity index (χ1n) is 15.9. The molecule has 1 heterocycles. The molecule has 262 valence electrons. The summed E-state index contributed by atoms with van der Waals surface area (Å²) in [6.45, 7) is 16.3. The van der Waals surface area contributed by atoms with Gasteiger partial charge in [-0.15, -0.1) is 0 Å². The Hall–Kier alpha value is -4.13. The lowest BCUT2D eigenvalue weighted by atomic mass is 10.1. The summed E-state index contributed by atoms with van der Waals surface area (Å²) < 4.78 is 43.0. The third kappa shape index (κ3) is 15.8. The zero-order valence-electron chi connectivity index (χ0n) is 28.7. The molecule has 14 heteroatoms. The number of amides is 2. The number of benzene rings is 2. The van der Waals surface area contributed by atoms with E-state index in [1.54, 1.807) is 31.2 Å². The molecule has 47 heavy (non-hydrogen) atoms. The van der Waals surface area contributed by atoms with E-state index in [0.717, 1.165) is 18.4 Å². The zero-order valence-corrected chi connectivity index (χ0v) is 29.5. The van der Waals surface area contributed by atoms with Crippen LogP contribution >= 0.6 is 11.6 Å². The summed E-state index contributed by atoms with van der Waals surface area (Å²) in [5.74, 6) is -0.915. The number of nitrogens with one attached hydrogen (secondary N) is 4. The van der Waals surface area contributed by atoms with Gasteiger partial charge in [-0.1, -0.05) is 92.5 Å². The van der Waals surface area contributed by atoms with E-state index in [2.05, 4.69) is 50.3 Å². The number of aromatic nitrogens is 3. The minimum atomic E-state index is -4.58. The molecule has 2 amide bonds. The molecule has 10 nitrogen and oxygen atoms in total. The number of hydrazine groups is 1. The van der Waals surface area contributed by atoms with Crippen molar-refractivity contribution in [2.45, 2.75) is 99.7 Å². The summed E-state index contributed by atoms with van der Waals surface area (Å²) in [7, 11) is 0. The Kier molecular flexibility index (Phi) is 20.4. The van der Waals surface area contributed by atoms with E-state index in [4.69, 9.17) is 16.3 Å². The molecule has 2 aromatic carbocycles. The maximum atomic E-state index is 12.8. The van der Waals surface area contributed by atoms with Gasteiger partial charge in [-0.2, -0.15) is 28.1 Å². The molecule has 0 unspecified atom stereocenters. The van der Waals surface area contributed by atoms with Gasteiger partial charge in [-0.25, -0.2) is 0 Å². The molecule has 3 aromatic rings. The smallest absolute Gasteiger partial charge is 0.422 e. The second-order valence-corrected chi connectivity index (χ2v) is 9.58. The van der Waals surface area contributed by atoms with Crippen molar-refractivity contribution in [2.75, 3.05) is 17.2 Å². The number of hydrogen-bond donors (Lipinski definition) is 4. The third-order valence-corrected chi connectivity index (χ3v) is 5.77.